The van der Waals surface area contributed by atoms with Crippen LogP contribution in [0.2, 0.25) is 0 Å². The minimum Gasteiger partial charge on any atom is -0.361 e. The number of fused-ring (bicyclic) bond motifs is 1. The summed E-state index contributed by atoms with van der Waals surface area (Å²) in [4.78, 5) is 50.8. The summed E-state index contributed by atoms with van der Waals surface area (Å²) in [6.07, 6.45) is 2.13. The van der Waals surface area contributed by atoms with E-state index in [0.29, 0.717) is 5.69 Å². The van der Waals surface area contributed by atoms with Gasteiger partial charge in [-0.1, -0.05) is 18.2 Å². The maximum atomic E-state index is 12.1. The average Bonchev–Trinajstić information content (AvgIpc) is 3.11. The lowest BCUT2D eigenvalue weighted by molar-refractivity contribution is -0.122. The zero-order valence-electron chi connectivity index (χ0n) is 16.3. The number of nitrogens with one attached hydrogen (secondary N) is 3. The molecular formula is C20H23N5O4. The highest BCUT2D eigenvalue weighted by molar-refractivity contribution is 5.89. The number of amides is 2. The number of carbonyl (C=O) groups is 2. The minimum atomic E-state index is -0.453. The summed E-state index contributed by atoms with van der Waals surface area (Å²) in [5.74, 6) is -0.456. The quantitative estimate of drug-likeness (QED) is 0.517. The van der Waals surface area contributed by atoms with E-state index in [4.69, 9.17) is 0 Å². The van der Waals surface area contributed by atoms with Gasteiger partial charge in [0.2, 0.25) is 11.8 Å². The lowest BCUT2D eigenvalue weighted by Crippen LogP contribution is -2.39. The molecule has 0 atom stereocenters. The van der Waals surface area contributed by atoms with Crippen molar-refractivity contribution in [2.75, 3.05) is 6.54 Å². The first-order valence-corrected chi connectivity index (χ1v) is 9.21. The van der Waals surface area contributed by atoms with Crippen LogP contribution in [0.25, 0.3) is 10.9 Å². The molecule has 29 heavy (non-hydrogen) atoms. The van der Waals surface area contributed by atoms with Gasteiger partial charge in [0.15, 0.2) is 0 Å². The molecule has 2 amide bonds. The van der Waals surface area contributed by atoms with Crippen LogP contribution in [0.5, 0.6) is 0 Å². The number of aromatic amines is 1. The number of aromatic nitrogens is 3. The molecule has 0 saturated heterocycles. The van der Waals surface area contributed by atoms with Gasteiger partial charge in [-0.2, -0.15) is 0 Å². The minimum absolute atomic E-state index is 0.0595. The van der Waals surface area contributed by atoms with Crippen molar-refractivity contribution in [1.82, 2.24) is 24.8 Å². The Morgan fingerprint density at radius 3 is 2.59 bits per heavy atom. The second-order valence-corrected chi connectivity index (χ2v) is 6.79. The number of nitrogens with zero attached hydrogens (tertiary/aromatic N) is 2. The van der Waals surface area contributed by atoms with Crippen molar-refractivity contribution in [3.05, 3.63) is 68.6 Å². The van der Waals surface area contributed by atoms with Gasteiger partial charge in [0.25, 0.3) is 5.56 Å². The highest BCUT2D eigenvalue weighted by Gasteiger charge is 2.10. The van der Waals surface area contributed by atoms with Gasteiger partial charge in [0, 0.05) is 55.9 Å². The number of hydrogen-bond donors (Lipinski definition) is 3. The van der Waals surface area contributed by atoms with Crippen LogP contribution in [-0.2, 0) is 36.6 Å². The van der Waals surface area contributed by atoms with Crippen LogP contribution in [0, 0.1) is 0 Å². The SMILES string of the molecule is Cn1c(CNC(=O)CCNC(=O)Cc2c[nH]c3ccccc23)cc(=O)n(C)c1=O. The summed E-state index contributed by atoms with van der Waals surface area (Å²) >= 11 is 0. The summed E-state index contributed by atoms with van der Waals surface area (Å²) in [5, 5.41) is 6.38. The molecule has 0 fully saturated rings. The molecule has 0 bridgehead atoms. The third kappa shape index (κ3) is 4.63. The zero-order valence-corrected chi connectivity index (χ0v) is 16.3. The Balaban J connectivity index is 1.46. The predicted octanol–water partition coefficient (Wildman–Crippen LogP) is -0.0695. The van der Waals surface area contributed by atoms with Gasteiger partial charge >= 0.3 is 5.69 Å². The smallest absolute Gasteiger partial charge is 0.330 e. The summed E-state index contributed by atoms with van der Waals surface area (Å²) in [6.45, 7) is 0.256. The van der Waals surface area contributed by atoms with Crippen molar-refractivity contribution in [3.8, 4) is 0 Å². The van der Waals surface area contributed by atoms with Crippen molar-refractivity contribution in [1.29, 1.82) is 0 Å². The molecule has 0 aliphatic rings. The topological polar surface area (TPSA) is 118 Å². The summed E-state index contributed by atoms with van der Waals surface area (Å²) in [5.41, 5.74) is 1.40. The average molecular weight is 397 g/mol. The second-order valence-electron chi connectivity index (χ2n) is 6.79. The van der Waals surface area contributed by atoms with E-state index in [1.165, 1.54) is 24.7 Å². The molecule has 3 aromatic rings. The van der Waals surface area contributed by atoms with Crippen molar-refractivity contribution >= 4 is 22.7 Å². The Kier molecular flexibility index (Phi) is 5.96. The third-order valence-electron chi connectivity index (χ3n) is 4.79. The highest BCUT2D eigenvalue weighted by Crippen LogP contribution is 2.17. The second kappa shape index (κ2) is 8.59. The summed E-state index contributed by atoms with van der Waals surface area (Å²) < 4.78 is 2.30. The Labute approximate surface area is 166 Å². The van der Waals surface area contributed by atoms with Crippen molar-refractivity contribution in [3.63, 3.8) is 0 Å². The summed E-state index contributed by atoms with van der Waals surface area (Å²) in [6, 6.07) is 9.04. The largest absolute Gasteiger partial charge is 0.361 e. The third-order valence-corrected chi connectivity index (χ3v) is 4.79. The fourth-order valence-electron chi connectivity index (χ4n) is 3.05. The van der Waals surface area contributed by atoms with Gasteiger partial charge in [0.05, 0.1) is 13.0 Å². The predicted molar refractivity (Wildman–Crippen MR) is 108 cm³/mol. The normalized spacial score (nSPS) is 10.8. The van der Waals surface area contributed by atoms with Crippen molar-refractivity contribution in [2.45, 2.75) is 19.4 Å². The molecule has 2 heterocycles. The zero-order chi connectivity index (χ0) is 21.0. The van der Waals surface area contributed by atoms with E-state index in [0.717, 1.165) is 21.0 Å². The first-order valence-electron chi connectivity index (χ1n) is 9.21. The van der Waals surface area contributed by atoms with E-state index in [9.17, 15) is 19.2 Å². The van der Waals surface area contributed by atoms with E-state index >= 15 is 0 Å². The van der Waals surface area contributed by atoms with Gasteiger partial charge in [0.1, 0.15) is 0 Å². The maximum absolute atomic E-state index is 12.1. The molecule has 9 nitrogen and oxygen atoms in total. The van der Waals surface area contributed by atoms with Gasteiger partial charge in [-0.15, -0.1) is 0 Å². The van der Waals surface area contributed by atoms with Gasteiger partial charge in [-0.25, -0.2) is 4.79 Å². The Morgan fingerprint density at radius 2 is 1.79 bits per heavy atom. The van der Waals surface area contributed by atoms with Gasteiger partial charge in [-0.3, -0.25) is 23.5 Å². The highest BCUT2D eigenvalue weighted by atomic mass is 16.2. The molecule has 0 spiro atoms. The number of para-hydroxylation sites is 1. The molecule has 2 aromatic heterocycles. The molecule has 0 saturated carbocycles. The molecule has 1 aromatic carbocycles. The van der Waals surface area contributed by atoms with Crippen LogP contribution in [0.15, 0.2) is 46.1 Å². The Hall–Kier alpha value is -3.62. The number of H-pyrrole nitrogens is 1. The van der Waals surface area contributed by atoms with Crippen molar-refractivity contribution < 1.29 is 9.59 Å². The van der Waals surface area contributed by atoms with E-state index < -0.39 is 11.2 Å². The van der Waals surface area contributed by atoms with E-state index in [2.05, 4.69) is 15.6 Å². The summed E-state index contributed by atoms with van der Waals surface area (Å²) in [7, 11) is 2.93. The van der Waals surface area contributed by atoms with Crippen LogP contribution >= 0.6 is 0 Å². The molecule has 0 aliphatic carbocycles. The molecule has 9 heteroatoms. The van der Waals surface area contributed by atoms with Gasteiger partial charge in [-0.05, 0) is 11.6 Å². The van der Waals surface area contributed by atoms with Gasteiger partial charge < -0.3 is 15.6 Å². The van der Waals surface area contributed by atoms with E-state index in [1.807, 2.05) is 30.5 Å². The molecule has 0 unspecified atom stereocenters. The standard InChI is InChI=1S/C20H23N5O4/c1-24-14(10-19(28)25(2)20(24)29)12-23-17(26)7-8-21-18(27)9-13-11-22-16-6-4-3-5-15(13)16/h3-6,10-11,22H,7-9,12H2,1-2H3,(H,21,27)(H,23,26). The first kappa shape index (κ1) is 20.1. The van der Waals surface area contributed by atoms with Crippen LogP contribution in [0.4, 0.5) is 0 Å². The monoisotopic (exact) mass is 397 g/mol. The Bertz CT molecular complexity index is 1170. The molecule has 0 radical (unpaired) electrons. The molecule has 0 aliphatic heterocycles. The van der Waals surface area contributed by atoms with Crippen molar-refractivity contribution in [2.24, 2.45) is 14.1 Å². The maximum Gasteiger partial charge on any atom is 0.330 e. The number of carbonyl (C=O) groups excluding carboxylic acids is 2. The molecule has 3 rings (SSSR count). The molecular weight excluding hydrogens is 374 g/mol. The van der Waals surface area contributed by atoms with Crippen LogP contribution < -0.4 is 21.9 Å². The number of rotatable bonds is 7. The fraction of sp³-hybridized carbons (Fsp3) is 0.300. The molecule has 3 N–H and O–H groups in total. The molecule has 152 valence electrons. The number of benzene rings is 1. The first-order chi connectivity index (χ1) is 13.9. The number of hydrogen-bond acceptors (Lipinski definition) is 4. The fourth-order valence-corrected chi connectivity index (χ4v) is 3.05. The Morgan fingerprint density at radius 1 is 1.03 bits per heavy atom. The lowest BCUT2D eigenvalue weighted by Gasteiger charge is -2.11. The van der Waals surface area contributed by atoms with Crippen LogP contribution in [0.1, 0.15) is 17.7 Å². The van der Waals surface area contributed by atoms with Crippen LogP contribution in [-0.4, -0.2) is 32.5 Å². The van der Waals surface area contributed by atoms with E-state index in [-0.39, 0.29) is 37.7 Å². The lowest BCUT2D eigenvalue weighted by atomic mass is 10.1. The van der Waals surface area contributed by atoms with E-state index in [1.54, 1.807) is 0 Å². The van der Waals surface area contributed by atoms with Crippen LogP contribution in [0.3, 0.4) is 0 Å².